The van der Waals surface area contributed by atoms with Crippen molar-refractivity contribution in [3.8, 4) is 5.75 Å². The van der Waals surface area contributed by atoms with Gasteiger partial charge in [-0.2, -0.15) is 0 Å². The van der Waals surface area contributed by atoms with Crippen molar-refractivity contribution in [3.63, 3.8) is 0 Å². The molecule has 2 aromatic rings. The number of ether oxygens (including phenoxy) is 1. The molecular weight excluding hydrogens is 196 g/mol. The first kappa shape index (κ1) is 9.54. The van der Waals surface area contributed by atoms with Crippen LogP contribution in [0.15, 0.2) is 28.7 Å². The maximum absolute atomic E-state index is 11.2. The van der Waals surface area contributed by atoms with Gasteiger partial charge in [-0.1, -0.05) is 6.07 Å². The van der Waals surface area contributed by atoms with Gasteiger partial charge in [0, 0.05) is 6.07 Å². The van der Waals surface area contributed by atoms with Gasteiger partial charge < -0.3 is 9.15 Å². The molecule has 0 radical (unpaired) electrons. The summed E-state index contributed by atoms with van der Waals surface area (Å²) in [5.74, 6) is 5.36. The Morgan fingerprint density at radius 1 is 1.53 bits per heavy atom. The third-order valence-corrected chi connectivity index (χ3v) is 2.10. The minimum absolute atomic E-state index is 0.164. The van der Waals surface area contributed by atoms with Crippen molar-refractivity contribution < 1.29 is 13.9 Å². The standard InChI is InChI=1S/C10H10N2O3/c1-14-7-3-2-4-8-6(7)5-9(15-8)10(13)12-11/h2-5H,11H2,1H3,(H,12,13). The van der Waals surface area contributed by atoms with Crippen molar-refractivity contribution in [1.82, 2.24) is 5.43 Å². The topological polar surface area (TPSA) is 77.5 Å². The molecule has 1 aromatic heterocycles. The molecule has 0 saturated heterocycles. The van der Waals surface area contributed by atoms with Gasteiger partial charge in [0.2, 0.25) is 0 Å². The summed E-state index contributed by atoms with van der Waals surface area (Å²) in [7, 11) is 1.56. The fraction of sp³-hybridized carbons (Fsp3) is 0.100. The lowest BCUT2D eigenvalue weighted by molar-refractivity contribution is 0.0928. The molecule has 0 bridgehead atoms. The lowest BCUT2D eigenvalue weighted by atomic mass is 10.2. The van der Waals surface area contributed by atoms with Gasteiger partial charge in [0.15, 0.2) is 5.76 Å². The number of hydrazine groups is 1. The first-order valence-corrected chi connectivity index (χ1v) is 4.33. The second-order valence-corrected chi connectivity index (χ2v) is 2.96. The van der Waals surface area contributed by atoms with E-state index in [-0.39, 0.29) is 5.76 Å². The van der Waals surface area contributed by atoms with Gasteiger partial charge in [0.1, 0.15) is 11.3 Å². The van der Waals surface area contributed by atoms with Gasteiger partial charge in [0.25, 0.3) is 0 Å². The average Bonchev–Trinajstić information content (AvgIpc) is 2.71. The molecule has 15 heavy (non-hydrogen) atoms. The molecular formula is C10H10N2O3. The van der Waals surface area contributed by atoms with Gasteiger partial charge in [-0.25, -0.2) is 5.84 Å². The monoisotopic (exact) mass is 206 g/mol. The number of nitrogens with one attached hydrogen (secondary N) is 1. The quantitative estimate of drug-likeness (QED) is 0.437. The smallest absolute Gasteiger partial charge is 0.300 e. The third-order valence-electron chi connectivity index (χ3n) is 2.10. The second kappa shape index (κ2) is 3.62. The summed E-state index contributed by atoms with van der Waals surface area (Å²) in [5, 5.41) is 0.749. The first-order chi connectivity index (χ1) is 7.26. The molecule has 0 aliphatic heterocycles. The van der Waals surface area contributed by atoms with Gasteiger partial charge in [-0.15, -0.1) is 0 Å². The van der Waals surface area contributed by atoms with Crippen molar-refractivity contribution in [2.75, 3.05) is 7.11 Å². The van der Waals surface area contributed by atoms with Crippen LogP contribution in [0.3, 0.4) is 0 Å². The molecule has 0 spiro atoms. The number of carbonyl (C=O) groups is 1. The molecule has 78 valence electrons. The number of methoxy groups -OCH3 is 1. The van der Waals surface area contributed by atoms with Gasteiger partial charge in [-0.3, -0.25) is 10.2 Å². The third kappa shape index (κ3) is 1.53. The van der Waals surface area contributed by atoms with Crippen molar-refractivity contribution in [2.24, 2.45) is 5.84 Å². The molecule has 5 heteroatoms. The normalized spacial score (nSPS) is 10.3. The lowest BCUT2D eigenvalue weighted by Gasteiger charge is -1.98. The number of rotatable bonds is 2. The molecule has 3 N–H and O–H groups in total. The van der Waals surface area contributed by atoms with E-state index < -0.39 is 5.91 Å². The summed E-state index contributed by atoms with van der Waals surface area (Å²) < 4.78 is 10.4. The Balaban J connectivity index is 2.60. The molecule has 0 atom stereocenters. The molecule has 1 aromatic carbocycles. The maximum atomic E-state index is 11.2. The zero-order valence-electron chi connectivity index (χ0n) is 8.11. The van der Waals surface area contributed by atoms with E-state index in [2.05, 4.69) is 0 Å². The van der Waals surface area contributed by atoms with Crippen LogP contribution >= 0.6 is 0 Å². The zero-order valence-corrected chi connectivity index (χ0v) is 8.11. The minimum atomic E-state index is -0.465. The predicted molar refractivity (Wildman–Crippen MR) is 54.4 cm³/mol. The molecule has 0 aliphatic rings. The largest absolute Gasteiger partial charge is 0.496 e. The number of hydrogen-bond acceptors (Lipinski definition) is 4. The highest BCUT2D eigenvalue weighted by Gasteiger charge is 2.12. The number of nitrogen functional groups attached to an aromatic ring is 1. The fourth-order valence-electron chi connectivity index (χ4n) is 1.40. The second-order valence-electron chi connectivity index (χ2n) is 2.96. The highest BCUT2D eigenvalue weighted by atomic mass is 16.5. The minimum Gasteiger partial charge on any atom is -0.496 e. The molecule has 0 unspecified atom stereocenters. The van der Waals surface area contributed by atoms with E-state index >= 15 is 0 Å². The first-order valence-electron chi connectivity index (χ1n) is 4.33. The van der Waals surface area contributed by atoms with Gasteiger partial charge >= 0.3 is 5.91 Å². The Morgan fingerprint density at radius 3 is 3.00 bits per heavy atom. The van der Waals surface area contributed by atoms with Crippen LogP contribution in [0, 0.1) is 0 Å². The highest BCUT2D eigenvalue weighted by molar-refractivity contribution is 5.97. The van der Waals surface area contributed by atoms with Gasteiger partial charge in [0.05, 0.1) is 12.5 Å². The number of carbonyl (C=O) groups excluding carboxylic acids is 1. The van der Waals surface area contributed by atoms with Crippen LogP contribution in [-0.4, -0.2) is 13.0 Å². The Bertz CT molecular complexity index is 504. The Kier molecular flexibility index (Phi) is 2.31. The molecule has 0 aliphatic carbocycles. The number of hydrogen-bond donors (Lipinski definition) is 2. The Morgan fingerprint density at radius 2 is 2.33 bits per heavy atom. The predicted octanol–water partition coefficient (Wildman–Crippen LogP) is 1.04. The summed E-state index contributed by atoms with van der Waals surface area (Å²) in [4.78, 5) is 11.2. The average molecular weight is 206 g/mol. The van der Waals surface area contributed by atoms with Crippen LogP contribution in [-0.2, 0) is 0 Å². The van der Waals surface area contributed by atoms with Crippen LogP contribution < -0.4 is 16.0 Å². The molecule has 2 rings (SSSR count). The van der Waals surface area contributed by atoms with E-state index in [1.54, 1.807) is 31.4 Å². The van der Waals surface area contributed by atoms with Crippen LogP contribution in [0.5, 0.6) is 5.75 Å². The van der Waals surface area contributed by atoms with E-state index in [1.807, 2.05) is 5.43 Å². The molecule has 5 nitrogen and oxygen atoms in total. The Labute approximate surface area is 85.8 Å². The van der Waals surface area contributed by atoms with Crippen molar-refractivity contribution in [3.05, 3.63) is 30.0 Å². The molecule has 0 saturated carbocycles. The Hall–Kier alpha value is -2.01. The lowest BCUT2D eigenvalue weighted by Crippen LogP contribution is -2.29. The zero-order chi connectivity index (χ0) is 10.8. The van der Waals surface area contributed by atoms with Crippen molar-refractivity contribution >= 4 is 16.9 Å². The summed E-state index contributed by atoms with van der Waals surface area (Å²) >= 11 is 0. The number of furan rings is 1. The van der Waals surface area contributed by atoms with Gasteiger partial charge in [-0.05, 0) is 12.1 Å². The molecule has 0 fully saturated rings. The van der Waals surface area contributed by atoms with Crippen LogP contribution in [0.25, 0.3) is 11.0 Å². The number of fused-ring (bicyclic) bond motifs is 1. The summed E-state index contributed by atoms with van der Waals surface area (Å²) in [6, 6.07) is 6.93. The van der Waals surface area contributed by atoms with E-state index in [4.69, 9.17) is 15.0 Å². The van der Waals surface area contributed by atoms with Crippen molar-refractivity contribution in [1.29, 1.82) is 0 Å². The van der Waals surface area contributed by atoms with E-state index in [1.165, 1.54) is 0 Å². The van der Waals surface area contributed by atoms with Crippen LogP contribution in [0.1, 0.15) is 10.6 Å². The number of amides is 1. The van der Waals surface area contributed by atoms with Crippen LogP contribution in [0.4, 0.5) is 0 Å². The number of nitrogens with two attached hydrogens (primary N) is 1. The summed E-state index contributed by atoms with van der Waals surface area (Å²) in [6.07, 6.45) is 0. The molecule has 1 amide bonds. The highest BCUT2D eigenvalue weighted by Crippen LogP contribution is 2.28. The van der Waals surface area contributed by atoms with E-state index in [0.717, 1.165) is 5.39 Å². The number of benzene rings is 1. The van der Waals surface area contributed by atoms with Crippen molar-refractivity contribution in [2.45, 2.75) is 0 Å². The summed E-state index contributed by atoms with van der Waals surface area (Å²) in [6.45, 7) is 0. The summed E-state index contributed by atoms with van der Waals surface area (Å²) in [5.41, 5.74) is 2.60. The fourth-order valence-corrected chi connectivity index (χ4v) is 1.40. The SMILES string of the molecule is COc1cccc2oc(C(=O)NN)cc12. The van der Waals surface area contributed by atoms with E-state index in [9.17, 15) is 4.79 Å². The maximum Gasteiger partial charge on any atom is 0.300 e. The van der Waals surface area contributed by atoms with Crippen LogP contribution in [0.2, 0.25) is 0 Å². The molecule has 1 heterocycles. The van der Waals surface area contributed by atoms with E-state index in [0.29, 0.717) is 11.3 Å².